The van der Waals surface area contributed by atoms with Crippen LogP contribution in [0.3, 0.4) is 0 Å². The van der Waals surface area contributed by atoms with Crippen molar-refractivity contribution in [2.24, 2.45) is 0 Å². The zero-order valence-electron chi connectivity index (χ0n) is 10.4. The van der Waals surface area contributed by atoms with Gasteiger partial charge in [-0.1, -0.05) is 29.8 Å². The monoisotopic (exact) mass is 300 g/mol. The smallest absolute Gasteiger partial charge is 0.309 e. The van der Waals surface area contributed by atoms with Gasteiger partial charge < -0.3 is 5.32 Å². The largest absolute Gasteiger partial charge is 0.416 e. The lowest BCUT2D eigenvalue weighted by molar-refractivity contribution is -0.137. The van der Waals surface area contributed by atoms with Gasteiger partial charge in [-0.3, -0.25) is 4.98 Å². The summed E-state index contributed by atoms with van der Waals surface area (Å²) in [5.74, 6) is 0. The molecule has 0 aliphatic rings. The van der Waals surface area contributed by atoms with E-state index < -0.39 is 11.7 Å². The van der Waals surface area contributed by atoms with E-state index in [4.69, 9.17) is 11.6 Å². The number of hydrogen-bond donors (Lipinski definition) is 1. The van der Waals surface area contributed by atoms with Crippen molar-refractivity contribution in [3.63, 3.8) is 0 Å². The summed E-state index contributed by atoms with van der Waals surface area (Å²) < 4.78 is 37.7. The molecule has 1 aromatic heterocycles. The van der Waals surface area contributed by atoms with Gasteiger partial charge in [0.05, 0.1) is 10.6 Å². The van der Waals surface area contributed by atoms with E-state index >= 15 is 0 Å². The topological polar surface area (TPSA) is 24.9 Å². The fourth-order valence-electron chi connectivity index (χ4n) is 1.75. The number of rotatable bonds is 4. The molecule has 0 radical (unpaired) electrons. The van der Waals surface area contributed by atoms with Gasteiger partial charge in [0.1, 0.15) is 0 Å². The molecule has 20 heavy (non-hydrogen) atoms. The summed E-state index contributed by atoms with van der Waals surface area (Å²) in [7, 11) is 0. The second kappa shape index (κ2) is 6.24. The van der Waals surface area contributed by atoms with Gasteiger partial charge in [0.25, 0.3) is 0 Å². The Morgan fingerprint density at radius 1 is 1.15 bits per heavy atom. The van der Waals surface area contributed by atoms with Crippen LogP contribution in [0.25, 0.3) is 0 Å². The number of benzene rings is 1. The second-order valence-corrected chi connectivity index (χ2v) is 4.68. The number of hydrogen-bond acceptors (Lipinski definition) is 2. The minimum atomic E-state index is -4.32. The summed E-state index contributed by atoms with van der Waals surface area (Å²) >= 11 is 5.94. The van der Waals surface area contributed by atoms with Gasteiger partial charge in [0.2, 0.25) is 0 Å². The van der Waals surface area contributed by atoms with E-state index in [9.17, 15) is 13.2 Å². The van der Waals surface area contributed by atoms with Crippen molar-refractivity contribution < 1.29 is 13.2 Å². The fourth-order valence-corrected chi connectivity index (χ4v) is 1.93. The summed E-state index contributed by atoms with van der Waals surface area (Å²) in [5.41, 5.74) is 0.789. The van der Waals surface area contributed by atoms with E-state index in [1.807, 2.05) is 0 Å². The maximum atomic E-state index is 12.6. The third kappa shape index (κ3) is 3.95. The van der Waals surface area contributed by atoms with Crippen LogP contribution in [-0.2, 0) is 19.3 Å². The molecule has 0 amide bonds. The lowest BCUT2D eigenvalue weighted by Crippen LogP contribution is -2.14. The van der Waals surface area contributed by atoms with E-state index in [0.717, 1.165) is 17.7 Å². The minimum absolute atomic E-state index is 0.336. The average Bonchev–Trinajstić information content (AvgIpc) is 2.40. The van der Waals surface area contributed by atoms with Crippen molar-refractivity contribution in [2.45, 2.75) is 19.3 Å². The zero-order chi connectivity index (χ0) is 14.6. The van der Waals surface area contributed by atoms with Crippen molar-refractivity contribution in [3.05, 3.63) is 64.4 Å². The molecule has 2 rings (SSSR count). The normalized spacial score (nSPS) is 11.6. The van der Waals surface area contributed by atoms with Crippen molar-refractivity contribution in [2.75, 3.05) is 0 Å². The molecule has 0 saturated heterocycles. The Hall–Kier alpha value is -1.59. The van der Waals surface area contributed by atoms with Crippen LogP contribution in [0.5, 0.6) is 0 Å². The molecular weight excluding hydrogens is 289 g/mol. The zero-order valence-corrected chi connectivity index (χ0v) is 11.2. The molecule has 0 atom stereocenters. The number of aromatic nitrogens is 1. The molecule has 1 N–H and O–H groups in total. The Morgan fingerprint density at radius 3 is 2.65 bits per heavy atom. The van der Waals surface area contributed by atoms with Crippen LogP contribution in [0, 0.1) is 0 Å². The van der Waals surface area contributed by atoms with Gasteiger partial charge in [-0.2, -0.15) is 13.2 Å². The predicted octanol–water partition coefficient (Wildman–Crippen LogP) is 4.04. The van der Waals surface area contributed by atoms with Gasteiger partial charge >= 0.3 is 6.18 Å². The van der Waals surface area contributed by atoms with Crippen molar-refractivity contribution in [1.82, 2.24) is 10.3 Å². The number of nitrogens with zero attached hydrogens (tertiary/aromatic N) is 1. The standard InChI is InChI=1S/C14H12ClF3N2/c15-13-9-19-5-4-11(13)8-20-7-10-2-1-3-12(6-10)14(16,17)18/h1-6,9,20H,7-8H2. The molecule has 1 aromatic carbocycles. The summed E-state index contributed by atoms with van der Waals surface area (Å²) in [6.07, 6.45) is -1.17. The fraction of sp³-hybridized carbons (Fsp3) is 0.214. The highest BCUT2D eigenvalue weighted by molar-refractivity contribution is 6.31. The highest BCUT2D eigenvalue weighted by Gasteiger charge is 2.30. The van der Waals surface area contributed by atoms with Gasteiger partial charge in [-0.15, -0.1) is 0 Å². The van der Waals surface area contributed by atoms with Crippen LogP contribution in [0.4, 0.5) is 13.2 Å². The van der Waals surface area contributed by atoms with Gasteiger partial charge in [0.15, 0.2) is 0 Å². The number of halogens is 4. The van der Waals surface area contributed by atoms with Crippen molar-refractivity contribution in [3.8, 4) is 0 Å². The lowest BCUT2D eigenvalue weighted by atomic mass is 10.1. The molecule has 0 aliphatic carbocycles. The molecule has 1 heterocycles. The van der Waals surface area contributed by atoms with E-state index in [1.54, 1.807) is 18.3 Å². The highest BCUT2D eigenvalue weighted by atomic mass is 35.5. The van der Waals surface area contributed by atoms with Crippen LogP contribution < -0.4 is 5.32 Å². The second-order valence-electron chi connectivity index (χ2n) is 4.27. The van der Waals surface area contributed by atoms with Crippen LogP contribution in [0.1, 0.15) is 16.7 Å². The van der Waals surface area contributed by atoms with E-state index in [1.165, 1.54) is 12.3 Å². The molecule has 6 heteroatoms. The molecule has 0 bridgehead atoms. The maximum absolute atomic E-state index is 12.6. The molecule has 2 aromatic rings. The van der Waals surface area contributed by atoms with E-state index in [2.05, 4.69) is 10.3 Å². The number of nitrogens with one attached hydrogen (secondary N) is 1. The van der Waals surface area contributed by atoms with Crippen LogP contribution in [0.15, 0.2) is 42.7 Å². The predicted molar refractivity (Wildman–Crippen MR) is 71.2 cm³/mol. The summed E-state index contributed by atoms with van der Waals surface area (Å²) in [6, 6.07) is 7.02. The average molecular weight is 301 g/mol. The number of alkyl halides is 3. The Balaban J connectivity index is 1.97. The van der Waals surface area contributed by atoms with Gasteiger partial charge in [-0.25, -0.2) is 0 Å². The summed E-state index contributed by atoms with van der Waals surface area (Å²) in [6.45, 7) is 0.806. The van der Waals surface area contributed by atoms with Gasteiger partial charge in [0, 0.05) is 25.5 Å². The maximum Gasteiger partial charge on any atom is 0.416 e. The molecule has 0 unspecified atom stereocenters. The lowest BCUT2D eigenvalue weighted by Gasteiger charge is -2.10. The molecule has 0 fully saturated rings. The first-order valence-electron chi connectivity index (χ1n) is 5.92. The third-order valence-corrected chi connectivity index (χ3v) is 3.10. The molecule has 106 valence electrons. The minimum Gasteiger partial charge on any atom is -0.309 e. The first kappa shape index (κ1) is 14.8. The van der Waals surface area contributed by atoms with E-state index in [0.29, 0.717) is 23.7 Å². The van der Waals surface area contributed by atoms with Gasteiger partial charge in [-0.05, 0) is 23.3 Å². The first-order valence-corrected chi connectivity index (χ1v) is 6.30. The molecule has 0 aliphatic heterocycles. The van der Waals surface area contributed by atoms with Crippen LogP contribution in [0.2, 0.25) is 5.02 Å². The molecule has 2 nitrogen and oxygen atoms in total. The Kier molecular flexibility index (Phi) is 4.62. The Bertz CT molecular complexity index is 585. The third-order valence-electron chi connectivity index (χ3n) is 2.76. The highest BCUT2D eigenvalue weighted by Crippen LogP contribution is 2.29. The first-order chi connectivity index (χ1) is 9.47. The SMILES string of the molecule is FC(F)(F)c1cccc(CNCc2ccncc2Cl)c1. The van der Waals surface area contributed by atoms with Crippen LogP contribution in [-0.4, -0.2) is 4.98 Å². The summed E-state index contributed by atoms with van der Waals surface area (Å²) in [4.78, 5) is 3.87. The van der Waals surface area contributed by atoms with Crippen LogP contribution >= 0.6 is 11.6 Å². The van der Waals surface area contributed by atoms with Crippen molar-refractivity contribution >= 4 is 11.6 Å². The Morgan fingerprint density at radius 2 is 1.95 bits per heavy atom. The Labute approximate surface area is 119 Å². The number of pyridine rings is 1. The summed E-state index contributed by atoms with van der Waals surface area (Å²) in [5, 5.41) is 3.59. The quantitative estimate of drug-likeness (QED) is 0.921. The van der Waals surface area contributed by atoms with E-state index in [-0.39, 0.29) is 0 Å². The molecular formula is C14H12ClF3N2. The molecule has 0 spiro atoms. The van der Waals surface area contributed by atoms with Crippen molar-refractivity contribution in [1.29, 1.82) is 0 Å². The molecule has 0 saturated carbocycles.